The first-order chi connectivity index (χ1) is 20.9. The standard InChI is InChI=1S/C32H33ClFN5O5/c1-31(30(36)41)15-44-28-22(31)12-25(39-27(28)21-8-5-19(33)11-23(21)34)32(42,18-3-4-18)14-38-29(40)16-9-17(13-37-20-6-7-20)26(35)24(10-16)43-2/h5,8-13,18,20,42H,3-4,6-7,14-15,35H2,1-2H3,(H2,36,41)(H,38,40)/t31-,32+/m0/s1. The number of hydrogen-bond donors (Lipinski definition) is 4. The number of hydrogen-bond acceptors (Lipinski definition) is 8. The lowest BCUT2D eigenvalue weighted by atomic mass is 9.81. The molecule has 6 N–H and O–H groups in total. The molecule has 0 unspecified atom stereocenters. The Labute approximate surface area is 258 Å². The van der Waals surface area contributed by atoms with Crippen molar-refractivity contribution in [2.75, 3.05) is 26.0 Å². The smallest absolute Gasteiger partial charge is 0.251 e. The summed E-state index contributed by atoms with van der Waals surface area (Å²) < 4.78 is 26.5. The molecule has 0 bridgehead atoms. The number of anilines is 1. The molecule has 2 aromatic carbocycles. The van der Waals surface area contributed by atoms with E-state index in [0.717, 1.165) is 18.9 Å². The largest absolute Gasteiger partial charge is 0.495 e. The maximum atomic E-state index is 15.2. The molecule has 0 saturated heterocycles. The van der Waals surface area contributed by atoms with Gasteiger partial charge in [0.05, 0.1) is 31.1 Å². The molecule has 2 fully saturated rings. The number of amides is 2. The van der Waals surface area contributed by atoms with Gasteiger partial charge in [0, 0.05) is 33.5 Å². The van der Waals surface area contributed by atoms with Gasteiger partial charge in [-0.2, -0.15) is 0 Å². The minimum absolute atomic E-state index is 0.0744. The molecule has 0 radical (unpaired) electrons. The number of nitrogens with one attached hydrogen (secondary N) is 1. The minimum Gasteiger partial charge on any atom is -0.495 e. The number of nitrogens with zero attached hydrogens (tertiary/aromatic N) is 2. The van der Waals surface area contributed by atoms with Gasteiger partial charge in [-0.3, -0.25) is 14.6 Å². The Morgan fingerprint density at radius 3 is 2.66 bits per heavy atom. The van der Waals surface area contributed by atoms with Crippen LogP contribution in [0.2, 0.25) is 5.02 Å². The molecule has 3 aromatic rings. The number of pyridine rings is 1. The van der Waals surface area contributed by atoms with Crippen LogP contribution in [0.5, 0.6) is 11.5 Å². The number of carbonyl (C=O) groups excluding carboxylic acids is 2. The summed E-state index contributed by atoms with van der Waals surface area (Å²) in [5.74, 6) is -1.49. The molecule has 1 aromatic heterocycles. The number of aliphatic imine (C=N–C) groups is 1. The van der Waals surface area contributed by atoms with Gasteiger partial charge < -0.3 is 31.4 Å². The van der Waals surface area contributed by atoms with Crippen LogP contribution >= 0.6 is 11.6 Å². The lowest BCUT2D eigenvalue weighted by Crippen LogP contribution is -2.44. The van der Waals surface area contributed by atoms with Crippen molar-refractivity contribution in [2.24, 2.45) is 16.6 Å². The fourth-order valence-corrected chi connectivity index (χ4v) is 5.62. The Morgan fingerprint density at radius 1 is 1.27 bits per heavy atom. The van der Waals surface area contributed by atoms with Crippen LogP contribution in [0.15, 0.2) is 41.4 Å². The first-order valence-corrected chi connectivity index (χ1v) is 14.8. The van der Waals surface area contributed by atoms with E-state index in [9.17, 15) is 14.7 Å². The highest BCUT2D eigenvalue weighted by Crippen LogP contribution is 2.50. The number of benzene rings is 2. The molecule has 1 aliphatic heterocycles. The van der Waals surface area contributed by atoms with Crippen molar-refractivity contribution in [1.82, 2.24) is 10.3 Å². The number of primary amides is 1. The van der Waals surface area contributed by atoms with Crippen LogP contribution in [-0.4, -0.2) is 54.4 Å². The van der Waals surface area contributed by atoms with Crippen molar-refractivity contribution in [3.05, 3.63) is 69.6 Å². The summed E-state index contributed by atoms with van der Waals surface area (Å²) in [6.45, 7) is 1.34. The van der Waals surface area contributed by atoms with Crippen LogP contribution in [0.1, 0.15) is 59.8 Å². The van der Waals surface area contributed by atoms with Crippen molar-refractivity contribution in [2.45, 2.75) is 49.7 Å². The summed E-state index contributed by atoms with van der Waals surface area (Å²) in [4.78, 5) is 35.2. The third-order valence-corrected chi connectivity index (χ3v) is 8.88. The van der Waals surface area contributed by atoms with Crippen molar-refractivity contribution >= 4 is 35.3 Å². The van der Waals surface area contributed by atoms with Crippen LogP contribution in [0.3, 0.4) is 0 Å². The number of nitrogens with two attached hydrogens (primary N) is 2. The number of halogens is 2. The molecule has 44 heavy (non-hydrogen) atoms. The average Bonchev–Trinajstić information content (AvgIpc) is 3.93. The second kappa shape index (κ2) is 11.0. The van der Waals surface area contributed by atoms with E-state index in [-0.39, 0.29) is 58.4 Å². The topological polar surface area (TPSA) is 162 Å². The molecular weight excluding hydrogens is 589 g/mol. The first-order valence-electron chi connectivity index (χ1n) is 14.4. The summed E-state index contributed by atoms with van der Waals surface area (Å²) in [5.41, 5.74) is 11.0. The van der Waals surface area contributed by atoms with Gasteiger partial charge in [0.15, 0.2) is 0 Å². The van der Waals surface area contributed by atoms with E-state index in [1.165, 1.54) is 25.3 Å². The van der Waals surface area contributed by atoms with Crippen LogP contribution in [-0.2, 0) is 15.8 Å². The van der Waals surface area contributed by atoms with Gasteiger partial charge in [0.2, 0.25) is 5.91 Å². The number of aliphatic hydroxyl groups is 1. The molecule has 2 aliphatic carbocycles. The average molecular weight is 622 g/mol. The van der Waals surface area contributed by atoms with Gasteiger partial charge in [-0.25, -0.2) is 9.37 Å². The number of ether oxygens (including phenoxy) is 2. The van der Waals surface area contributed by atoms with E-state index in [4.69, 9.17) is 37.5 Å². The Hall–Kier alpha value is -4.22. The summed E-state index contributed by atoms with van der Waals surface area (Å²) in [6.07, 6.45) is 5.03. The quantitative estimate of drug-likeness (QED) is 0.197. The molecule has 230 valence electrons. The molecule has 10 nitrogen and oxygen atoms in total. The van der Waals surface area contributed by atoms with Gasteiger partial charge in [0.1, 0.15) is 40.6 Å². The van der Waals surface area contributed by atoms with Crippen molar-refractivity contribution in [3.8, 4) is 22.8 Å². The number of methoxy groups -OCH3 is 1. The number of aromatic nitrogens is 1. The number of nitrogen functional groups attached to an aromatic ring is 1. The van der Waals surface area contributed by atoms with E-state index >= 15 is 4.39 Å². The summed E-state index contributed by atoms with van der Waals surface area (Å²) in [6, 6.07) is 9.12. The Morgan fingerprint density at radius 2 is 2.02 bits per heavy atom. The van der Waals surface area contributed by atoms with Gasteiger partial charge >= 0.3 is 0 Å². The fourth-order valence-electron chi connectivity index (χ4n) is 5.46. The second-order valence-corrected chi connectivity index (χ2v) is 12.4. The van der Waals surface area contributed by atoms with Crippen LogP contribution in [0, 0.1) is 11.7 Å². The molecule has 12 heteroatoms. The van der Waals surface area contributed by atoms with E-state index in [0.29, 0.717) is 35.4 Å². The summed E-state index contributed by atoms with van der Waals surface area (Å²) in [7, 11) is 1.46. The van der Waals surface area contributed by atoms with Crippen molar-refractivity contribution < 1.29 is 28.6 Å². The maximum absolute atomic E-state index is 15.2. The number of fused-ring (bicyclic) bond motifs is 1. The van der Waals surface area contributed by atoms with Gasteiger partial charge in [0.25, 0.3) is 5.91 Å². The van der Waals surface area contributed by atoms with Crippen LogP contribution in [0.25, 0.3) is 11.3 Å². The monoisotopic (exact) mass is 621 g/mol. The predicted molar refractivity (Wildman–Crippen MR) is 164 cm³/mol. The zero-order valence-electron chi connectivity index (χ0n) is 24.3. The zero-order valence-corrected chi connectivity index (χ0v) is 25.1. The Balaban J connectivity index is 1.38. The lowest BCUT2D eigenvalue weighted by Gasteiger charge is -2.30. The molecule has 0 spiro atoms. The molecule has 3 aliphatic rings. The Bertz CT molecular complexity index is 1710. The molecule has 6 rings (SSSR count). The SMILES string of the molecule is COc1cc(C(=O)NC[C@](O)(c2cc3c(c(-c4ccc(Cl)cc4F)n2)OC[C@]3(C)C(N)=O)C2CC2)cc(C=NC2CC2)c1N. The van der Waals surface area contributed by atoms with E-state index in [2.05, 4.69) is 10.3 Å². The highest BCUT2D eigenvalue weighted by atomic mass is 35.5. The highest BCUT2D eigenvalue weighted by Gasteiger charge is 2.50. The van der Waals surface area contributed by atoms with E-state index < -0.39 is 28.6 Å². The summed E-state index contributed by atoms with van der Waals surface area (Å²) in [5, 5.41) is 15.2. The second-order valence-electron chi connectivity index (χ2n) is 11.9. The van der Waals surface area contributed by atoms with Gasteiger partial charge in [-0.1, -0.05) is 11.6 Å². The molecule has 2 amide bonds. The molecule has 2 saturated carbocycles. The number of rotatable bonds is 10. The summed E-state index contributed by atoms with van der Waals surface area (Å²) >= 11 is 6.00. The molecular formula is C32H33ClFN5O5. The number of carbonyl (C=O) groups is 2. The third-order valence-electron chi connectivity index (χ3n) is 8.64. The van der Waals surface area contributed by atoms with Crippen molar-refractivity contribution in [1.29, 1.82) is 0 Å². The fraction of sp³-hybridized carbons (Fsp3) is 0.375. The van der Waals surface area contributed by atoms with E-state index in [1.54, 1.807) is 25.3 Å². The Kier molecular flexibility index (Phi) is 7.49. The van der Waals surface area contributed by atoms with Gasteiger partial charge in [-0.05, 0) is 74.9 Å². The molecule has 2 atom stereocenters. The van der Waals surface area contributed by atoms with Crippen LogP contribution < -0.4 is 26.3 Å². The first kappa shape index (κ1) is 29.8. The normalized spacial score (nSPS) is 20.6. The van der Waals surface area contributed by atoms with Crippen LogP contribution in [0.4, 0.5) is 10.1 Å². The maximum Gasteiger partial charge on any atom is 0.251 e. The lowest BCUT2D eigenvalue weighted by molar-refractivity contribution is -0.123. The minimum atomic E-state index is -1.66. The predicted octanol–water partition coefficient (Wildman–Crippen LogP) is 3.88. The van der Waals surface area contributed by atoms with E-state index in [1.807, 2.05) is 0 Å². The third kappa shape index (κ3) is 5.35. The zero-order chi connectivity index (χ0) is 31.4. The molecule has 2 heterocycles. The van der Waals surface area contributed by atoms with Crippen molar-refractivity contribution in [3.63, 3.8) is 0 Å². The highest BCUT2D eigenvalue weighted by molar-refractivity contribution is 6.30. The van der Waals surface area contributed by atoms with Gasteiger partial charge in [-0.15, -0.1) is 0 Å².